The van der Waals surface area contributed by atoms with E-state index in [-0.39, 0.29) is 5.91 Å². The highest BCUT2D eigenvalue weighted by Crippen LogP contribution is 2.31. The number of carbonyl (C=O) groups excluding carboxylic acids is 1. The Kier molecular flexibility index (Phi) is 4.83. The molecule has 27 heavy (non-hydrogen) atoms. The highest BCUT2D eigenvalue weighted by molar-refractivity contribution is 9.10. The summed E-state index contributed by atoms with van der Waals surface area (Å²) in [5.41, 5.74) is 4.96. The summed E-state index contributed by atoms with van der Waals surface area (Å²) in [4.78, 5) is 24.0. The summed E-state index contributed by atoms with van der Waals surface area (Å²) in [5.74, 6) is 0.0267. The molecule has 0 unspecified atom stereocenters. The minimum absolute atomic E-state index is 0.0267. The largest absolute Gasteiger partial charge is 0.354 e. The molecule has 0 radical (unpaired) electrons. The van der Waals surface area contributed by atoms with Gasteiger partial charge in [0.25, 0.3) is 5.91 Å². The number of nitrogens with one attached hydrogen (secondary N) is 1. The number of benzene rings is 1. The number of fused-ring (bicyclic) bond motifs is 1. The van der Waals surface area contributed by atoms with Gasteiger partial charge >= 0.3 is 0 Å². The van der Waals surface area contributed by atoms with E-state index >= 15 is 0 Å². The Balaban J connectivity index is 1.84. The minimum atomic E-state index is 0.0267. The van der Waals surface area contributed by atoms with Crippen LogP contribution in [0.1, 0.15) is 34.5 Å². The van der Waals surface area contributed by atoms with Crippen molar-refractivity contribution in [2.75, 3.05) is 18.4 Å². The van der Waals surface area contributed by atoms with Gasteiger partial charge in [0.2, 0.25) is 0 Å². The highest BCUT2D eigenvalue weighted by atomic mass is 79.9. The highest BCUT2D eigenvalue weighted by Gasteiger charge is 2.24. The summed E-state index contributed by atoms with van der Waals surface area (Å²) in [7, 11) is 0. The molecule has 1 aromatic carbocycles. The molecular formula is C21H21BrN4O. The summed E-state index contributed by atoms with van der Waals surface area (Å²) >= 11 is 3.54. The fraction of sp³-hybridized carbons (Fsp3) is 0.286. The SMILES string of the molecule is Cc1ccc2c(Nc3ccc(Br)c(C)c3)c(C(=O)N3CCCC3)cnc2n1. The number of aryl methyl sites for hydroxylation is 2. The molecule has 3 aromatic rings. The van der Waals surface area contributed by atoms with Crippen LogP contribution in [0.5, 0.6) is 0 Å². The number of anilines is 2. The predicted octanol–water partition coefficient (Wildman–Crippen LogP) is 4.99. The van der Waals surface area contributed by atoms with E-state index in [4.69, 9.17) is 0 Å². The average Bonchev–Trinajstić information content (AvgIpc) is 3.19. The van der Waals surface area contributed by atoms with Crippen LogP contribution in [0.2, 0.25) is 0 Å². The molecular weight excluding hydrogens is 404 g/mol. The quantitative estimate of drug-likeness (QED) is 0.643. The second-order valence-electron chi connectivity index (χ2n) is 6.96. The van der Waals surface area contributed by atoms with Crippen LogP contribution in [0.15, 0.2) is 41.0 Å². The van der Waals surface area contributed by atoms with E-state index in [0.717, 1.165) is 58.4 Å². The molecule has 4 rings (SSSR count). The molecule has 138 valence electrons. The average molecular weight is 425 g/mol. The van der Waals surface area contributed by atoms with Gasteiger partial charge in [0.05, 0.1) is 11.3 Å². The molecule has 0 bridgehead atoms. The molecule has 0 atom stereocenters. The van der Waals surface area contributed by atoms with E-state index in [9.17, 15) is 4.79 Å². The van der Waals surface area contributed by atoms with Gasteiger partial charge in [0.15, 0.2) is 5.65 Å². The molecule has 0 saturated carbocycles. The molecule has 3 heterocycles. The Bertz CT molecular complexity index is 1030. The van der Waals surface area contributed by atoms with Crippen molar-refractivity contribution >= 4 is 44.2 Å². The van der Waals surface area contributed by atoms with Crippen LogP contribution in [0.4, 0.5) is 11.4 Å². The summed E-state index contributed by atoms with van der Waals surface area (Å²) in [6.07, 6.45) is 3.77. The second-order valence-corrected chi connectivity index (χ2v) is 7.81. The third kappa shape index (κ3) is 3.54. The third-order valence-corrected chi connectivity index (χ3v) is 5.81. The smallest absolute Gasteiger partial charge is 0.257 e. The lowest BCUT2D eigenvalue weighted by Crippen LogP contribution is -2.28. The number of amides is 1. The lowest BCUT2D eigenvalue weighted by molar-refractivity contribution is 0.0793. The molecule has 0 aliphatic carbocycles. The van der Waals surface area contributed by atoms with Gasteiger partial charge in [-0.2, -0.15) is 0 Å². The monoisotopic (exact) mass is 424 g/mol. The van der Waals surface area contributed by atoms with Gasteiger partial charge in [-0.05, 0) is 62.6 Å². The van der Waals surface area contributed by atoms with Gasteiger partial charge in [0, 0.05) is 40.5 Å². The summed E-state index contributed by atoms with van der Waals surface area (Å²) in [6, 6.07) is 9.99. The number of halogens is 1. The topological polar surface area (TPSA) is 58.1 Å². The molecule has 1 saturated heterocycles. The van der Waals surface area contributed by atoms with Crippen LogP contribution in [-0.2, 0) is 0 Å². The van der Waals surface area contributed by atoms with Crippen molar-refractivity contribution < 1.29 is 4.79 Å². The zero-order valence-corrected chi connectivity index (χ0v) is 17.0. The standard InChI is InChI=1S/C21H21BrN4O/c1-13-11-15(6-8-18(13)22)25-19-16-7-5-14(2)24-20(16)23-12-17(19)21(27)26-9-3-4-10-26/h5-8,11-12H,3-4,9-10H2,1-2H3,(H,23,24,25). The first-order valence-corrected chi connectivity index (χ1v) is 9.91. The number of aromatic nitrogens is 2. The van der Waals surface area contributed by atoms with Crippen LogP contribution in [0.25, 0.3) is 11.0 Å². The van der Waals surface area contributed by atoms with E-state index in [1.165, 1.54) is 0 Å². The molecule has 0 spiro atoms. The lowest BCUT2D eigenvalue weighted by Gasteiger charge is -2.19. The van der Waals surface area contributed by atoms with Crippen molar-refractivity contribution in [3.63, 3.8) is 0 Å². The number of likely N-dealkylation sites (tertiary alicyclic amines) is 1. The van der Waals surface area contributed by atoms with Crippen molar-refractivity contribution in [2.24, 2.45) is 0 Å². The summed E-state index contributed by atoms with van der Waals surface area (Å²) in [5, 5.41) is 4.31. The first-order valence-electron chi connectivity index (χ1n) is 9.12. The van der Waals surface area contributed by atoms with Gasteiger partial charge in [-0.1, -0.05) is 15.9 Å². The normalized spacial score (nSPS) is 14.0. The van der Waals surface area contributed by atoms with Crippen molar-refractivity contribution in [3.8, 4) is 0 Å². The minimum Gasteiger partial charge on any atom is -0.354 e. The van der Waals surface area contributed by atoms with Crippen molar-refractivity contribution in [1.82, 2.24) is 14.9 Å². The molecule has 6 heteroatoms. The van der Waals surface area contributed by atoms with Crippen LogP contribution in [0, 0.1) is 13.8 Å². The van der Waals surface area contributed by atoms with E-state index in [1.807, 2.05) is 43.0 Å². The maximum absolute atomic E-state index is 13.1. The van der Waals surface area contributed by atoms with Crippen LogP contribution < -0.4 is 5.32 Å². The third-order valence-electron chi connectivity index (χ3n) is 4.92. The van der Waals surface area contributed by atoms with Crippen molar-refractivity contribution in [2.45, 2.75) is 26.7 Å². The lowest BCUT2D eigenvalue weighted by atomic mass is 10.1. The Morgan fingerprint density at radius 3 is 2.67 bits per heavy atom. The molecule has 1 fully saturated rings. The molecule has 1 aliphatic rings. The van der Waals surface area contributed by atoms with Crippen molar-refractivity contribution in [3.05, 3.63) is 57.8 Å². The number of carbonyl (C=O) groups is 1. The molecule has 2 aromatic heterocycles. The number of hydrogen-bond acceptors (Lipinski definition) is 4. The van der Waals surface area contributed by atoms with Crippen LogP contribution in [0.3, 0.4) is 0 Å². The zero-order chi connectivity index (χ0) is 19.0. The van der Waals surface area contributed by atoms with Crippen LogP contribution >= 0.6 is 15.9 Å². The fourth-order valence-electron chi connectivity index (χ4n) is 3.43. The number of pyridine rings is 2. The Morgan fingerprint density at radius 2 is 1.93 bits per heavy atom. The maximum atomic E-state index is 13.1. The van der Waals surface area contributed by atoms with Gasteiger partial charge in [-0.25, -0.2) is 9.97 Å². The molecule has 5 nitrogen and oxygen atoms in total. The second kappa shape index (κ2) is 7.27. The number of rotatable bonds is 3. The van der Waals surface area contributed by atoms with Gasteiger partial charge in [-0.15, -0.1) is 0 Å². The first kappa shape index (κ1) is 17.9. The molecule has 1 N–H and O–H groups in total. The van der Waals surface area contributed by atoms with Gasteiger partial charge in [-0.3, -0.25) is 4.79 Å². The van der Waals surface area contributed by atoms with E-state index in [1.54, 1.807) is 6.20 Å². The molecule has 1 amide bonds. The van der Waals surface area contributed by atoms with E-state index in [2.05, 4.69) is 37.3 Å². The first-order chi connectivity index (χ1) is 13.0. The van der Waals surface area contributed by atoms with Gasteiger partial charge in [0.1, 0.15) is 0 Å². The van der Waals surface area contributed by atoms with Crippen LogP contribution in [-0.4, -0.2) is 33.9 Å². The number of hydrogen-bond donors (Lipinski definition) is 1. The number of nitrogens with zero attached hydrogens (tertiary/aromatic N) is 3. The summed E-state index contributed by atoms with van der Waals surface area (Å²) < 4.78 is 1.05. The van der Waals surface area contributed by atoms with E-state index in [0.29, 0.717) is 11.2 Å². The van der Waals surface area contributed by atoms with Gasteiger partial charge < -0.3 is 10.2 Å². The Hall–Kier alpha value is -2.47. The predicted molar refractivity (Wildman–Crippen MR) is 112 cm³/mol. The Morgan fingerprint density at radius 1 is 1.15 bits per heavy atom. The maximum Gasteiger partial charge on any atom is 0.257 e. The fourth-order valence-corrected chi connectivity index (χ4v) is 3.67. The Labute approximate surface area is 166 Å². The van der Waals surface area contributed by atoms with Crippen molar-refractivity contribution in [1.29, 1.82) is 0 Å². The molecule has 1 aliphatic heterocycles. The van der Waals surface area contributed by atoms with E-state index < -0.39 is 0 Å². The summed E-state index contributed by atoms with van der Waals surface area (Å²) in [6.45, 7) is 5.59. The zero-order valence-electron chi connectivity index (χ0n) is 15.4.